The smallest absolute Gasteiger partial charge is 0.339 e. The van der Waals surface area contributed by atoms with Crippen LogP contribution in [0.5, 0.6) is 0 Å². The number of aromatic nitrogens is 5. The summed E-state index contributed by atoms with van der Waals surface area (Å²) in [7, 11) is 1.84. The Balaban J connectivity index is 1.04. The molecule has 2 amide bonds. The normalized spacial score (nSPS) is 24.6. The van der Waals surface area contributed by atoms with Gasteiger partial charge in [0.25, 0.3) is 5.91 Å². The van der Waals surface area contributed by atoms with Gasteiger partial charge in [0.1, 0.15) is 6.33 Å². The number of likely N-dealkylation sites (tertiary alicyclic amines) is 1. The highest BCUT2D eigenvalue weighted by molar-refractivity contribution is 5.98. The molecule has 6 heterocycles. The number of carbonyl (C=O) groups excluding carboxylic acids is 2. The molecule has 4 aromatic rings. The van der Waals surface area contributed by atoms with E-state index in [0.29, 0.717) is 81.9 Å². The van der Waals surface area contributed by atoms with Crippen molar-refractivity contribution in [3.63, 3.8) is 0 Å². The zero-order chi connectivity index (χ0) is 35.3. The largest absolute Gasteiger partial charge is 0.401 e. The first kappa shape index (κ1) is 33.6. The van der Waals surface area contributed by atoms with Gasteiger partial charge in [-0.1, -0.05) is 55.0 Å². The molecule has 11 nitrogen and oxygen atoms in total. The number of rotatable bonds is 7. The Labute approximate surface area is 294 Å². The number of benzene rings is 2. The molecule has 0 saturated carbocycles. The van der Waals surface area contributed by atoms with E-state index in [-0.39, 0.29) is 18.2 Å². The summed E-state index contributed by atoms with van der Waals surface area (Å²) in [5, 5.41) is 15.1. The van der Waals surface area contributed by atoms with E-state index in [4.69, 9.17) is 5.10 Å². The molecule has 1 spiro atoms. The van der Waals surface area contributed by atoms with Crippen molar-refractivity contribution < 1.29 is 22.8 Å². The second kappa shape index (κ2) is 13.2. The van der Waals surface area contributed by atoms with Gasteiger partial charge in [0.2, 0.25) is 5.91 Å². The highest BCUT2D eigenvalue weighted by Gasteiger charge is 2.55. The minimum Gasteiger partial charge on any atom is -0.339 e. The highest BCUT2D eigenvalue weighted by atomic mass is 19.4. The summed E-state index contributed by atoms with van der Waals surface area (Å²) in [6.07, 6.45) is 3.48. The van der Waals surface area contributed by atoms with Crippen LogP contribution in [0, 0.1) is 5.41 Å². The number of hydrogen-bond acceptors (Lipinski definition) is 7. The van der Waals surface area contributed by atoms with E-state index in [2.05, 4.69) is 33.6 Å². The fourth-order valence-corrected chi connectivity index (χ4v) is 8.53. The molecule has 8 rings (SSSR count). The Morgan fingerprint density at radius 3 is 2.55 bits per heavy atom. The number of alkyl halides is 3. The van der Waals surface area contributed by atoms with E-state index in [1.807, 2.05) is 48.3 Å². The summed E-state index contributed by atoms with van der Waals surface area (Å²) < 4.78 is 42.6. The minimum atomic E-state index is -4.33. The summed E-state index contributed by atoms with van der Waals surface area (Å²) in [5.74, 6) is 0.545. The molecule has 2 aromatic heterocycles. The fourth-order valence-electron chi connectivity index (χ4n) is 8.53. The van der Waals surface area contributed by atoms with Gasteiger partial charge >= 0.3 is 6.18 Å². The molecule has 1 N–H and O–H groups in total. The van der Waals surface area contributed by atoms with E-state index >= 15 is 0 Å². The molecule has 0 bridgehead atoms. The summed E-state index contributed by atoms with van der Waals surface area (Å²) in [4.78, 5) is 37.6. The maximum absolute atomic E-state index is 14.4. The topological polar surface area (TPSA) is 104 Å². The molecule has 3 atom stereocenters. The highest BCUT2D eigenvalue weighted by Crippen LogP contribution is 2.43. The summed E-state index contributed by atoms with van der Waals surface area (Å²) in [6.45, 7) is 1.59. The lowest BCUT2D eigenvalue weighted by Crippen LogP contribution is -2.48. The van der Waals surface area contributed by atoms with Crippen LogP contribution in [0.15, 0.2) is 60.9 Å². The zero-order valence-corrected chi connectivity index (χ0v) is 28.6. The van der Waals surface area contributed by atoms with Gasteiger partial charge in [0.15, 0.2) is 5.82 Å². The molecule has 268 valence electrons. The van der Waals surface area contributed by atoms with Gasteiger partial charge in [-0.3, -0.25) is 19.2 Å². The summed E-state index contributed by atoms with van der Waals surface area (Å²) >= 11 is 0. The number of hydrogen-bond donors (Lipinski definition) is 1. The van der Waals surface area contributed by atoms with Crippen molar-refractivity contribution >= 4 is 28.3 Å². The number of para-hydroxylation sites is 1. The third kappa shape index (κ3) is 6.43. The van der Waals surface area contributed by atoms with Crippen LogP contribution in [-0.4, -0.2) is 97.8 Å². The molecule has 4 aliphatic heterocycles. The SMILES string of the molecule is Cn1cnc(-c2ccc(C3=CCN(C(=O)C[C@@H]4CC5(CCNC5)C(=O)N4n4nc(C5CCCCN5CC(F)(F)F)c5ccccc54)CC3)cc2)n1. The molecule has 51 heavy (non-hydrogen) atoms. The standard InChI is InChI=1S/C37H42F3N9O2/c1-45-24-42-34(44-45)27-11-9-25(10-12-27)26-13-18-46(19-14-26)32(50)20-28-21-36(15-16-41-22-36)35(51)48(28)49-30-7-3-2-6-29(30)33(43-49)31-8-4-5-17-47(31)23-37(38,39)40/h2-3,6-7,9-13,24,28,31,41H,4-5,8,14-23H2,1H3/t28-,31?,36?/m1/s1. The number of piperidine rings is 1. The lowest BCUT2D eigenvalue weighted by atomic mass is 9.83. The van der Waals surface area contributed by atoms with E-state index in [1.54, 1.807) is 20.8 Å². The average molecular weight is 702 g/mol. The van der Waals surface area contributed by atoms with Gasteiger partial charge in [0, 0.05) is 44.1 Å². The number of fused-ring (bicyclic) bond motifs is 1. The first-order valence-corrected chi connectivity index (χ1v) is 17.8. The van der Waals surface area contributed by atoms with Crippen molar-refractivity contribution in [2.24, 2.45) is 12.5 Å². The van der Waals surface area contributed by atoms with Gasteiger partial charge in [0.05, 0.1) is 35.3 Å². The van der Waals surface area contributed by atoms with Crippen LogP contribution in [0.2, 0.25) is 0 Å². The van der Waals surface area contributed by atoms with Crippen LogP contribution in [0.1, 0.15) is 62.2 Å². The van der Waals surface area contributed by atoms with Gasteiger partial charge in [-0.2, -0.15) is 28.2 Å². The number of nitrogens with one attached hydrogen (secondary N) is 1. The van der Waals surface area contributed by atoms with Crippen LogP contribution >= 0.6 is 0 Å². The monoisotopic (exact) mass is 701 g/mol. The third-order valence-electron chi connectivity index (χ3n) is 11.1. The Kier molecular flexibility index (Phi) is 8.69. The Hall–Kier alpha value is -4.56. The number of amides is 2. The van der Waals surface area contributed by atoms with Crippen LogP contribution in [0.4, 0.5) is 13.2 Å². The Bertz CT molecular complexity index is 1960. The van der Waals surface area contributed by atoms with Crippen LogP contribution in [-0.2, 0) is 16.6 Å². The third-order valence-corrected chi connectivity index (χ3v) is 11.1. The molecule has 3 saturated heterocycles. The Morgan fingerprint density at radius 2 is 1.84 bits per heavy atom. The van der Waals surface area contributed by atoms with Crippen molar-refractivity contribution in [1.29, 1.82) is 0 Å². The molecule has 2 unspecified atom stereocenters. The molecule has 2 aromatic carbocycles. The maximum atomic E-state index is 14.4. The summed E-state index contributed by atoms with van der Waals surface area (Å²) in [6, 6.07) is 14.6. The number of nitrogens with zero attached hydrogens (tertiary/aromatic N) is 8. The molecule has 3 fully saturated rings. The number of halogens is 3. The maximum Gasteiger partial charge on any atom is 0.401 e. The molecule has 4 aliphatic rings. The van der Waals surface area contributed by atoms with Crippen molar-refractivity contribution in [3.8, 4) is 11.4 Å². The molecule has 0 aliphatic carbocycles. The van der Waals surface area contributed by atoms with Crippen molar-refractivity contribution in [1.82, 2.24) is 39.8 Å². The second-order valence-electron chi connectivity index (χ2n) is 14.4. The zero-order valence-electron chi connectivity index (χ0n) is 28.6. The van der Waals surface area contributed by atoms with Crippen molar-refractivity contribution in [3.05, 3.63) is 72.2 Å². The average Bonchev–Trinajstić information content (AvgIpc) is 3.92. The van der Waals surface area contributed by atoms with Gasteiger partial charge in [-0.25, -0.2) is 9.99 Å². The quantitative estimate of drug-likeness (QED) is 0.294. The predicted octanol–water partition coefficient (Wildman–Crippen LogP) is 4.84. The predicted molar refractivity (Wildman–Crippen MR) is 186 cm³/mol. The first-order chi connectivity index (χ1) is 24.6. The molecule has 0 radical (unpaired) electrons. The number of aryl methyl sites for hydroxylation is 1. The van der Waals surface area contributed by atoms with Crippen LogP contribution in [0.25, 0.3) is 27.9 Å². The van der Waals surface area contributed by atoms with Crippen molar-refractivity contribution in [2.75, 3.05) is 44.3 Å². The minimum absolute atomic E-state index is 0.0343. The van der Waals surface area contributed by atoms with E-state index in [0.717, 1.165) is 22.9 Å². The van der Waals surface area contributed by atoms with E-state index in [9.17, 15) is 22.8 Å². The van der Waals surface area contributed by atoms with E-state index < -0.39 is 30.2 Å². The first-order valence-electron chi connectivity index (χ1n) is 17.8. The van der Waals surface area contributed by atoms with Gasteiger partial charge in [-0.05, 0) is 62.4 Å². The fraction of sp³-hybridized carbons (Fsp3) is 0.486. The van der Waals surface area contributed by atoms with Crippen LogP contribution in [0.3, 0.4) is 0 Å². The molecular weight excluding hydrogens is 659 g/mol. The lowest BCUT2D eigenvalue weighted by Gasteiger charge is -2.35. The van der Waals surface area contributed by atoms with Crippen molar-refractivity contribution in [2.45, 2.75) is 63.2 Å². The van der Waals surface area contributed by atoms with Gasteiger partial charge < -0.3 is 10.2 Å². The number of carbonyl (C=O) groups is 2. The lowest BCUT2D eigenvalue weighted by molar-refractivity contribution is -0.154. The molecule has 14 heteroatoms. The Morgan fingerprint density at radius 1 is 1.04 bits per heavy atom. The second-order valence-corrected chi connectivity index (χ2v) is 14.4. The van der Waals surface area contributed by atoms with E-state index in [1.165, 1.54) is 10.5 Å². The molecular formula is C37H42F3N9O2. The van der Waals surface area contributed by atoms with Gasteiger partial charge in [-0.15, -0.1) is 0 Å². The van der Waals surface area contributed by atoms with Crippen LogP contribution < -0.4 is 10.3 Å². The summed E-state index contributed by atoms with van der Waals surface area (Å²) in [5.41, 5.74) is 3.76.